The second kappa shape index (κ2) is 7.38. The molecule has 0 saturated heterocycles. The van der Waals surface area contributed by atoms with Crippen molar-refractivity contribution in [2.75, 3.05) is 13.6 Å². The molecule has 3 rings (SSSR count). The van der Waals surface area contributed by atoms with Gasteiger partial charge >= 0.3 is 0 Å². The second-order valence-electron chi connectivity index (χ2n) is 5.85. The number of para-hydroxylation sites is 1. The minimum Gasteiger partial charge on any atom is -0.459 e. The molecule has 2 heterocycles. The molecule has 1 aromatic carbocycles. The number of carbonyl (C=O) groups is 1. The molecule has 1 atom stereocenters. The molecular weight excluding hydrogens is 344 g/mol. The van der Waals surface area contributed by atoms with Crippen molar-refractivity contribution in [1.29, 1.82) is 0 Å². The Hall–Kier alpha value is -1.82. The number of rotatable bonds is 6. The van der Waals surface area contributed by atoms with Gasteiger partial charge in [-0.2, -0.15) is 0 Å². The Morgan fingerprint density at radius 2 is 2.12 bits per heavy atom. The van der Waals surface area contributed by atoms with Gasteiger partial charge in [0.15, 0.2) is 0 Å². The largest absolute Gasteiger partial charge is 0.459 e. The molecule has 1 amide bonds. The summed E-state index contributed by atoms with van der Waals surface area (Å²) in [5.41, 5.74) is 0.834. The number of benzene rings is 1. The quantitative estimate of drug-likeness (QED) is 0.704. The molecule has 0 aliphatic heterocycles. The zero-order valence-corrected chi connectivity index (χ0v) is 15.2. The number of hydrogen-bond acceptors (Lipinski definition) is 4. The highest BCUT2D eigenvalue weighted by Crippen LogP contribution is 2.24. The smallest absolute Gasteiger partial charge is 0.234 e. The molecular formula is C18H19ClN2O2S. The van der Waals surface area contributed by atoms with Gasteiger partial charge in [0.05, 0.1) is 16.9 Å². The highest BCUT2D eigenvalue weighted by molar-refractivity contribution is 7.16. The lowest BCUT2D eigenvalue weighted by Gasteiger charge is -2.17. The number of furan rings is 1. The van der Waals surface area contributed by atoms with Crippen LogP contribution in [0.5, 0.6) is 0 Å². The van der Waals surface area contributed by atoms with Crippen LogP contribution in [0.1, 0.15) is 23.6 Å². The topological polar surface area (TPSA) is 45.5 Å². The van der Waals surface area contributed by atoms with Gasteiger partial charge in [-0.1, -0.05) is 29.8 Å². The van der Waals surface area contributed by atoms with Gasteiger partial charge in [0, 0.05) is 16.8 Å². The Morgan fingerprint density at radius 1 is 1.33 bits per heavy atom. The van der Waals surface area contributed by atoms with E-state index in [2.05, 4.69) is 5.32 Å². The molecule has 1 N–H and O–H groups in total. The van der Waals surface area contributed by atoms with Crippen LogP contribution in [-0.2, 0) is 11.3 Å². The van der Waals surface area contributed by atoms with E-state index < -0.39 is 0 Å². The van der Waals surface area contributed by atoms with Crippen molar-refractivity contribution in [2.45, 2.75) is 19.5 Å². The van der Waals surface area contributed by atoms with E-state index in [0.29, 0.717) is 13.1 Å². The molecule has 0 bridgehead atoms. The Kier molecular flexibility index (Phi) is 5.23. The van der Waals surface area contributed by atoms with Gasteiger partial charge in [0.2, 0.25) is 5.91 Å². The number of thiophene rings is 1. The molecule has 4 nitrogen and oxygen atoms in total. The third kappa shape index (κ3) is 4.17. The predicted molar refractivity (Wildman–Crippen MR) is 98.4 cm³/mol. The van der Waals surface area contributed by atoms with Crippen LogP contribution in [0.25, 0.3) is 11.0 Å². The fourth-order valence-electron chi connectivity index (χ4n) is 2.58. The van der Waals surface area contributed by atoms with E-state index in [1.54, 1.807) is 0 Å². The first-order valence-electron chi connectivity index (χ1n) is 7.72. The number of hydrogen-bond donors (Lipinski definition) is 1. The highest BCUT2D eigenvalue weighted by atomic mass is 35.5. The fourth-order valence-corrected chi connectivity index (χ4v) is 3.75. The first kappa shape index (κ1) is 17.0. The molecule has 0 aliphatic rings. The molecule has 0 saturated carbocycles. The fraction of sp³-hybridized carbons (Fsp3) is 0.278. The first-order valence-corrected chi connectivity index (χ1v) is 8.91. The van der Waals surface area contributed by atoms with E-state index in [-0.39, 0.29) is 11.9 Å². The summed E-state index contributed by atoms with van der Waals surface area (Å²) in [6.07, 6.45) is 0. The molecule has 0 spiro atoms. The highest BCUT2D eigenvalue weighted by Gasteiger charge is 2.15. The van der Waals surface area contributed by atoms with Crippen molar-refractivity contribution in [1.82, 2.24) is 10.2 Å². The Morgan fingerprint density at radius 3 is 2.83 bits per heavy atom. The Bertz CT molecular complexity index is 809. The maximum absolute atomic E-state index is 12.2. The van der Waals surface area contributed by atoms with Crippen molar-refractivity contribution < 1.29 is 9.21 Å². The van der Waals surface area contributed by atoms with Crippen LogP contribution in [0.3, 0.4) is 0 Å². The Balaban J connectivity index is 1.55. The minimum atomic E-state index is -0.172. The number of amides is 1. The summed E-state index contributed by atoms with van der Waals surface area (Å²) in [6, 6.07) is 13.5. The summed E-state index contributed by atoms with van der Waals surface area (Å²) < 4.78 is 6.56. The van der Waals surface area contributed by atoms with E-state index in [4.69, 9.17) is 16.0 Å². The van der Waals surface area contributed by atoms with E-state index >= 15 is 0 Å². The van der Waals surface area contributed by atoms with Gasteiger partial charge in [-0.05, 0) is 38.2 Å². The molecule has 24 heavy (non-hydrogen) atoms. The van der Waals surface area contributed by atoms with Crippen LogP contribution in [0.15, 0.2) is 46.9 Å². The molecule has 0 aliphatic carbocycles. The van der Waals surface area contributed by atoms with Crippen molar-refractivity contribution in [3.63, 3.8) is 0 Å². The van der Waals surface area contributed by atoms with Crippen molar-refractivity contribution >= 4 is 39.8 Å². The molecule has 0 fully saturated rings. The van der Waals surface area contributed by atoms with Gasteiger partial charge in [-0.3, -0.25) is 9.69 Å². The zero-order chi connectivity index (χ0) is 17.1. The normalized spacial score (nSPS) is 12.7. The summed E-state index contributed by atoms with van der Waals surface area (Å²) in [5, 5.41) is 4.02. The predicted octanol–water partition coefficient (Wildman–Crippen LogP) is 4.46. The van der Waals surface area contributed by atoms with Crippen molar-refractivity contribution in [2.24, 2.45) is 0 Å². The van der Waals surface area contributed by atoms with Crippen LogP contribution < -0.4 is 5.32 Å². The SMILES string of the molecule is C[C@@H](NC(=O)CN(C)Cc1ccc(Cl)s1)c1cc2ccccc2o1. The van der Waals surface area contributed by atoms with Crippen LogP contribution in [0.2, 0.25) is 4.34 Å². The van der Waals surface area contributed by atoms with E-state index in [0.717, 1.165) is 25.9 Å². The zero-order valence-electron chi connectivity index (χ0n) is 13.6. The summed E-state index contributed by atoms with van der Waals surface area (Å²) in [7, 11) is 1.92. The standard InChI is InChI=1S/C18H19ClN2O2S/c1-12(16-9-13-5-3-4-6-15(13)23-16)20-18(22)11-21(2)10-14-7-8-17(19)24-14/h3-9,12H,10-11H2,1-2H3,(H,20,22)/t12-/m1/s1. The molecule has 6 heteroatoms. The molecule has 0 radical (unpaired) electrons. The number of fused-ring (bicyclic) bond motifs is 1. The molecule has 2 aromatic heterocycles. The lowest BCUT2D eigenvalue weighted by Crippen LogP contribution is -2.36. The minimum absolute atomic E-state index is 0.0342. The summed E-state index contributed by atoms with van der Waals surface area (Å²) >= 11 is 7.46. The molecule has 3 aromatic rings. The lowest BCUT2D eigenvalue weighted by molar-refractivity contribution is -0.122. The van der Waals surface area contributed by atoms with Gasteiger partial charge < -0.3 is 9.73 Å². The van der Waals surface area contributed by atoms with Gasteiger partial charge in [0.1, 0.15) is 11.3 Å². The van der Waals surface area contributed by atoms with Crippen molar-refractivity contribution in [3.8, 4) is 0 Å². The van der Waals surface area contributed by atoms with Gasteiger partial charge in [0.25, 0.3) is 0 Å². The number of halogens is 1. The number of nitrogens with zero attached hydrogens (tertiary/aromatic N) is 1. The number of carbonyl (C=O) groups excluding carboxylic acids is 1. The van der Waals surface area contributed by atoms with Crippen LogP contribution in [-0.4, -0.2) is 24.4 Å². The van der Waals surface area contributed by atoms with E-state index in [1.165, 1.54) is 11.3 Å². The third-order valence-corrected chi connectivity index (χ3v) is 4.93. The van der Waals surface area contributed by atoms with Crippen LogP contribution >= 0.6 is 22.9 Å². The van der Waals surface area contributed by atoms with Gasteiger partial charge in [-0.15, -0.1) is 11.3 Å². The monoisotopic (exact) mass is 362 g/mol. The maximum Gasteiger partial charge on any atom is 0.234 e. The van der Waals surface area contributed by atoms with Crippen LogP contribution in [0.4, 0.5) is 0 Å². The summed E-state index contributed by atoms with van der Waals surface area (Å²) in [6.45, 7) is 2.94. The summed E-state index contributed by atoms with van der Waals surface area (Å²) in [5.74, 6) is 0.727. The molecule has 126 valence electrons. The lowest BCUT2D eigenvalue weighted by atomic mass is 10.2. The number of likely N-dealkylation sites (N-methyl/N-ethyl adjacent to an activating group) is 1. The third-order valence-electron chi connectivity index (χ3n) is 3.72. The van der Waals surface area contributed by atoms with Gasteiger partial charge in [-0.25, -0.2) is 0 Å². The van der Waals surface area contributed by atoms with Crippen molar-refractivity contribution in [3.05, 3.63) is 57.4 Å². The Labute approximate surface area is 150 Å². The first-order chi connectivity index (χ1) is 11.5. The average molecular weight is 363 g/mol. The van der Waals surface area contributed by atoms with Crippen LogP contribution in [0, 0.1) is 0 Å². The van der Waals surface area contributed by atoms with E-state index in [1.807, 2.05) is 61.3 Å². The number of nitrogens with one attached hydrogen (secondary N) is 1. The second-order valence-corrected chi connectivity index (χ2v) is 7.65. The molecule has 0 unspecified atom stereocenters. The summed E-state index contributed by atoms with van der Waals surface area (Å²) in [4.78, 5) is 15.3. The maximum atomic E-state index is 12.2. The van der Waals surface area contributed by atoms with E-state index in [9.17, 15) is 4.79 Å². The average Bonchev–Trinajstić information content (AvgIpc) is 3.12.